The fourth-order valence-corrected chi connectivity index (χ4v) is 2.74. The molecule has 0 saturated heterocycles. The Morgan fingerprint density at radius 1 is 1.38 bits per heavy atom. The van der Waals surface area contributed by atoms with Crippen molar-refractivity contribution in [1.82, 2.24) is 10.2 Å². The van der Waals surface area contributed by atoms with Crippen molar-refractivity contribution in [3.05, 3.63) is 0 Å². The lowest BCUT2D eigenvalue weighted by molar-refractivity contribution is 0.0909. The van der Waals surface area contributed by atoms with E-state index in [9.17, 15) is 0 Å². The molecule has 0 aromatic heterocycles. The van der Waals surface area contributed by atoms with E-state index in [0.29, 0.717) is 12.1 Å². The van der Waals surface area contributed by atoms with Gasteiger partial charge in [-0.05, 0) is 38.8 Å². The molecular weight excluding hydrogens is 200 g/mol. The molecule has 1 fully saturated rings. The van der Waals surface area contributed by atoms with E-state index >= 15 is 0 Å². The van der Waals surface area contributed by atoms with Crippen LogP contribution < -0.4 is 5.32 Å². The standard InChI is InChI=1S/C13H28N2O/c1-5-14-12-7-6-11(2)10-13(12)15(3)8-9-16-4/h11-14H,5-10H2,1-4H3. The highest BCUT2D eigenvalue weighted by molar-refractivity contribution is 4.89. The summed E-state index contributed by atoms with van der Waals surface area (Å²) >= 11 is 0. The highest BCUT2D eigenvalue weighted by atomic mass is 16.5. The highest BCUT2D eigenvalue weighted by Crippen LogP contribution is 2.27. The summed E-state index contributed by atoms with van der Waals surface area (Å²) in [7, 11) is 4.01. The topological polar surface area (TPSA) is 24.5 Å². The first-order valence-corrected chi connectivity index (χ1v) is 6.61. The van der Waals surface area contributed by atoms with E-state index in [-0.39, 0.29) is 0 Å². The summed E-state index contributed by atoms with van der Waals surface area (Å²) in [6, 6.07) is 1.35. The maximum absolute atomic E-state index is 5.16. The van der Waals surface area contributed by atoms with Gasteiger partial charge in [-0.25, -0.2) is 0 Å². The lowest BCUT2D eigenvalue weighted by Crippen LogP contribution is -2.52. The Morgan fingerprint density at radius 2 is 2.12 bits per heavy atom. The zero-order chi connectivity index (χ0) is 12.0. The average molecular weight is 228 g/mol. The van der Waals surface area contributed by atoms with Crippen LogP contribution in [0.15, 0.2) is 0 Å². The van der Waals surface area contributed by atoms with Crippen molar-refractivity contribution in [3.63, 3.8) is 0 Å². The van der Waals surface area contributed by atoms with Crippen molar-refractivity contribution in [2.24, 2.45) is 5.92 Å². The van der Waals surface area contributed by atoms with Crippen LogP contribution in [0, 0.1) is 5.92 Å². The second-order valence-electron chi connectivity index (χ2n) is 5.12. The van der Waals surface area contributed by atoms with E-state index in [4.69, 9.17) is 4.74 Å². The molecule has 3 unspecified atom stereocenters. The smallest absolute Gasteiger partial charge is 0.0589 e. The number of nitrogens with zero attached hydrogens (tertiary/aromatic N) is 1. The van der Waals surface area contributed by atoms with E-state index in [1.165, 1.54) is 19.3 Å². The fraction of sp³-hybridized carbons (Fsp3) is 1.00. The van der Waals surface area contributed by atoms with Gasteiger partial charge in [-0.15, -0.1) is 0 Å². The molecule has 1 N–H and O–H groups in total. The predicted octanol–water partition coefficient (Wildman–Crippen LogP) is 1.73. The van der Waals surface area contributed by atoms with Gasteiger partial charge in [0.05, 0.1) is 6.61 Å². The number of nitrogens with one attached hydrogen (secondary N) is 1. The van der Waals surface area contributed by atoms with Crippen molar-refractivity contribution < 1.29 is 4.74 Å². The van der Waals surface area contributed by atoms with Gasteiger partial charge in [-0.2, -0.15) is 0 Å². The van der Waals surface area contributed by atoms with E-state index < -0.39 is 0 Å². The number of likely N-dealkylation sites (N-methyl/N-ethyl adjacent to an activating group) is 2. The van der Waals surface area contributed by atoms with E-state index in [1.807, 2.05) is 0 Å². The molecule has 0 aliphatic heterocycles. The number of rotatable bonds is 6. The molecule has 3 heteroatoms. The highest BCUT2D eigenvalue weighted by Gasteiger charge is 2.30. The average Bonchev–Trinajstić information content (AvgIpc) is 2.28. The minimum atomic E-state index is 0.669. The van der Waals surface area contributed by atoms with Gasteiger partial charge in [0.1, 0.15) is 0 Å². The maximum atomic E-state index is 5.16. The Kier molecular flexibility index (Phi) is 6.32. The number of hydrogen-bond acceptors (Lipinski definition) is 3. The maximum Gasteiger partial charge on any atom is 0.0589 e. The van der Waals surface area contributed by atoms with Crippen LogP contribution in [0.25, 0.3) is 0 Å². The minimum absolute atomic E-state index is 0.669. The molecule has 0 aromatic carbocycles. The number of ether oxygens (including phenoxy) is 1. The second-order valence-corrected chi connectivity index (χ2v) is 5.12. The molecule has 1 rings (SSSR count). The van der Waals surface area contributed by atoms with Crippen LogP contribution >= 0.6 is 0 Å². The van der Waals surface area contributed by atoms with E-state index in [2.05, 4.69) is 31.1 Å². The summed E-state index contributed by atoms with van der Waals surface area (Å²) in [6.07, 6.45) is 4.00. The van der Waals surface area contributed by atoms with Crippen LogP contribution in [0.4, 0.5) is 0 Å². The Balaban J connectivity index is 2.48. The third kappa shape index (κ3) is 4.04. The molecule has 1 aliphatic rings. The first kappa shape index (κ1) is 13.9. The zero-order valence-corrected chi connectivity index (χ0v) is 11.3. The predicted molar refractivity (Wildman–Crippen MR) is 68.8 cm³/mol. The summed E-state index contributed by atoms with van der Waals surface area (Å²) in [5, 5.41) is 3.63. The van der Waals surface area contributed by atoms with Gasteiger partial charge >= 0.3 is 0 Å². The van der Waals surface area contributed by atoms with Crippen LogP contribution in [-0.2, 0) is 4.74 Å². The van der Waals surface area contributed by atoms with Crippen molar-refractivity contribution in [2.75, 3.05) is 33.9 Å². The first-order chi connectivity index (χ1) is 7.69. The number of hydrogen-bond donors (Lipinski definition) is 1. The third-order valence-corrected chi connectivity index (χ3v) is 3.76. The molecule has 1 saturated carbocycles. The van der Waals surface area contributed by atoms with Crippen molar-refractivity contribution in [1.29, 1.82) is 0 Å². The summed E-state index contributed by atoms with van der Waals surface area (Å²) < 4.78 is 5.16. The monoisotopic (exact) mass is 228 g/mol. The van der Waals surface area contributed by atoms with Crippen LogP contribution in [0.5, 0.6) is 0 Å². The summed E-state index contributed by atoms with van der Waals surface area (Å²) in [5.41, 5.74) is 0. The van der Waals surface area contributed by atoms with Gasteiger partial charge in [-0.3, -0.25) is 4.90 Å². The van der Waals surface area contributed by atoms with Crippen LogP contribution in [0.3, 0.4) is 0 Å². The second kappa shape index (κ2) is 7.25. The zero-order valence-electron chi connectivity index (χ0n) is 11.3. The third-order valence-electron chi connectivity index (χ3n) is 3.76. The van der Waals surface area contributed by atoms with Gasteiger partial charge in [-0.1, -0.05) is 13.8 Å². The van der Waals surface area contributed by atoms with Gasteiger partial charge in [0.15, 0.2) is 0 Å². The molecule has 0 spiro atoms. The molecule has 0 amide bonds. The van der Waals surface area contributed by atoms with Crippen LogP contribution in [0.1, 0.15) is 33.1 Å². The summed E-state index contributed by atoms with van der Waals surface area (Å²) in [6.45, 7) is 7.52. The van der Waals surface area contributed by atoms with Crippen LogP contribution in [-0.4, -0.2) is 50.8 Å². The molecule has 3 atom stereocenters. The molecule has 96 valence electrons. The Hall–Kier alpha value is -0.120. The van der Waals surface area contributed by atoms with Crippen molar-refractivity contribution in [3.8, 4) is 0 Å². The summed E-state index contributed by atoms with van der Waals surface area (Å²) in [4.78, 5) is 2.46. The molecule has 16 heavy (non-hydrogen) atoms. The molecule has 0 bridgehead atoms. The molecular formula is C13H28N2O. The Morgan fingerprint density at radius 3 is 2.75 bits per heavy atom. The first-order valence-electron chi connectivity index (χ1n) is 6.61. The van der Waals surface area contributed by atoms with Gasteiger partial charge in [0.2, 0.25) is 0 Å². The molecule has 0 radical (unpaired) electrons. The Labute approximate surface area is 101 Å². The molecule has 1 aliphatic carbocycles. The normalized spacial score (nSPS) is 30.9. The van der Waals surface area contributed by atoms with Gasteiger partial charge in [0.25, 0.3) is 0 Å². The molecule has 0 heterocycles. The lowest BCUT2D eigenvalue weighted by Gasteiger charge is -2.40. The van der Waals surface area contributed by atoms with E-state index in [1.54, 1.807) is 7.11 Å². The van der Waals surface area contributed by atoms with Crippen molar-refractivity contribution >= 4 is 0 Å². The summed E-state index contributed by atoms with van der Waals surface area (Å²) in [5.74, 6) is 0.866. The number of methoxy groups -OCH3 is 1. The minimum Gasteiger partial charge on any atom is -0.383 e. The Bertz CT molecular complexity index is 187. The fourth-order valence-electron chi connectivity index (χ4n) is 2.74. The largest absolute Gasteiger partial charge is 0.383 e. The van der Waals surface area contributed by atoms with E-state index in [0.717, 1.165) is 25.6 Å². The molecule has 0 aromatic rings. The lowest BCUT2D eigenvalue weighted by atomic mass is 9.82. The SMILES string of the molecule is CCNC1CCC(C)CC1N(C)CCOC. The van der Waals surface area contributed by atoms with Crippen LogP contribution in [0.2, 0.25) is 0 Å². The van der Waals surface area contributed by atoms with Gasteiger partial charge in [0, 0.05) is 25.7 Å². The molecule has 3 nitrogen and oxygen atoms in total. The quantitative estimate of drug-likeness (QED) is 0.749. The van der Waals surface area contributed by atoms with Gasteiger partial charge < -0.3 is 10.1 Å². The van der Waals surface area contributed by atoms with Crippen molar-refractivity contribution in [2.45, 2.75) is 45.2 Å².